The maximum absolute atomic E-state index is 11.2. The molecule has 2 aromatic carbocycles. The largest absolute Gasteiger partial charge is 0.505 e. The summed E-state index contributed by atoms with van der Waals surface area (Å²) < 4.78 is 9.93. The highest BCUT2D eigenvalue weighted by molar-refractivity contribution is 9.09. The van der Waals surface area contributed by atoms with E-state index in [0.717, 1.165) is 6.20 Å². The molecule has 1 aliphatic rings. The summed E-state index contributed by atoms with van der Waals surface area (Å²) in [7, 11) is 2.99. The van der Waals surface area contributed by atoms with E-state index >= 15 is 0 Å². The monoisotopic (exact) mass is 562 g/mol. The number of ether oxygens (including phenoxy) is 2. The van der Waals surface area contributed by atoms with Crippen LogP contribution < -0.4 is 14.8 Å². The summed E-state index contributed by atoms with van der Waals surface area (Å²) in [5.74, 6) is -3.76. The Morgan fingerprint density at radius 1 is 1.00 bits per heavy atom. The number of carboxylic acid groups (broad SMARTS) is 2. The van der Waals surface area contributed by atoms with E-state index in [4.69, 9.17) is 19.7 Å². The molecule has 1 aliphatic heterocycles. The van der Waals surface area contributed by atoms with Gasteiger partial charge in [0.2, 0.25) is 5.78 Å². The number of hydrogen-bond acceptors (Lipinski definition) is 9. The highest BCUT2D eigenvalue weighted by Crippen LogP contribution is 2.28. The number of nitrogens with zero attached hydrogens (tertiary/aromatic N) is 1. The molecular weight excluding hydrogens is 544 g/mol. The molecule has 13 heteroatoms. The normalized spacial score (nSPS) is 11.2. The van der Waals surface area contributed by atoms with E-state index in [1.54, 1.807) is 30.3 Å². The molecule has 1 amide bonds. The van der Waals surface area contributed by atoms with E-state index < -0.39 is 29.4 Å². The number of pyridine rings is 1. The third kappa shape index (κ3) is 6.54. The zero-order valence-electron chi connectivity index (χ0n) is 18.8. The number of halogens is 1. The van der Waals surface area contributed by atoms with Crippen molar-refractivity contribution in [2.45, 2.75) is 0 Å². The highest BCUT2D eigenvalue weighted by Gasteiger charge is 2.27. The molecule has 0 unspecified atom stereocenters. The number of benzene rings is 2. The molecule has 0 saturated carbocycles. The van der Waals surface area contributed by atoms with Crippen LogP contribution in [0.15, 0.2) is 42.6 Å². The molecule has 2 heterocycles. The van der Waals surface area contributed by atoms with Crippen molar-refractivity contribution in [3.05, 3.63) is 53.7 Å². The number of anilines is 1. The molecule has 0 aliphatic carbocycles. The Labute approximate surface area is 211 Å². The van der Waals surface area contributed by atoms with Gasteiger partial charge in [-0.1, -0.05) is 15.9 Å². The molecule has 0 atom stereocenters. The van der Waals surface area contributed by atoms with Crippen LogP contribution in [-0.2, 0) is 14.4 Å². The SMILES string of the molecule is COc1ccc2c(c1)C(=O)C(=O)N2.COc1ccc2ncc(O)c(C(=O)O)c2c1.O=C(O)C(=O)CBr. The number of carboxylic acids is 2. The summed E-state index contributed by atoms with van der Waals surface area (Å²) in [6.07, 6.45) is 1.12. The number of Topliss-reactive ketones (excluding diaryl/α,β-unsaturated/α-hetero) is 2. The van der Waals surface area contributed by atoms with Gasteiger partial charge in [0.05, 0.1) is 42.5 Å². The van der Waals surface area contributed by atoms with Gasteiger partial charge in [0, 0.05) is 5.39 Å². The molecule has 4 rings (SSSR count). The first-order valence-electron chi connectivity index (χ1n) is 9.78. The number of aromatic hydroxyl groups is 1. The van der Waals surface area contributed by atoms with Crippen LogP contribution in [0, 0.1) is 0 Å². The maximum Gasteiger partial charge on any atom is 0.373 e. The third-order valence-corrected chi connectivity index (χ3v) is 5.06. The highest BCUT2D eigenvalue weighted by atomic mass is 79.9. The fourth-order valence-corrected chi connectivity index (χ4v) is 3.06. The molecule has 3 aromatic rings. The molecule has 188 valence electrons. The van der Waals surface area contributed by atoms with Gasteiger partial charge in [-0.3, -0.25) is 19.4 Å². The van der Waals surface area contributed by atoms with Gasteiger partial charge in [0.15, 0.2) is 0 Å². The van der Waals surface area contributed by atoms with Crippen molar-refractivity contribution in [1.82, 2.24) is 4.98 Å². The molecular formula is C23H19BrN2O10. The van der Waals surface area contributed by atoms with Crippen molar-refractivity contribution in [2.24, 2.45) is 0 Å². The number of rotatable bonds is 5. The maximum atomic E-state index is 11.2. The summed E-state index contributed by atoms with van der Waals surface area (Å²) in [6.45, 7) is 0. The van der Waals surface area contributed by atoms with Gasteiger partial charge in [-0.15, -0.1) is 0 Å². The summed E-state index contributed by atoms with van der Waals surface area (Å²) in [5, 5.41) is 29.0. The molecule has 0 spiro atoms. The Morgan fingerprint density at radius 3 is 2.14 bits per heavy atom. The zero-order valence-corrected chi connectivity index (χ0v) is 20.4. The van der Waals surface area contributed by atoms with Crippen LogP contribution >= 0.6 is 15.9 Å². The summed E-state index contributed by atoms with van der Waals surface area (Å²) in [5.41, 5.74) is 1.26. The number of ketones is 2. The van der Waals surface area contributed by atoms with E-state index in [9.17, 15) is 29.1 Å². The number of aromatic carboxylic acids is 1. The average Bonchev–Trinajstić information content (AvgIpc) is 3.15. The van der Waals surface area contributed by atoms with Crippen LogP contribution in [0.25, 0.3) is 10.9 Å². The topological polar surface area (TPSA) is 189 Å². The molecule has 36 heavy (non-hydrogen) atoms. The first-order chi connectivity index (χ1) is 17.0. The van der Waals surface area contributed by atoms with Crippen molar-refractivity contribution in [3.8, 4) is 17.2 Å². The number of nitrogens with one attached hydrogen (secondary N) is 1. The molecule has 12 nitrogen and oxygen atoms in total. The standard InChI is InChI=1S/C11H9NO4.C9H7NO3.C3H3BrO3/c1-16-6-2-3-8-7(4-6)10(11(14)15)9(13)5-12-8;1-13-5-2-3-7-6(4-5)8(11)9(12)10-7;4-1-2(5)3(6)7/h2-5,13H,1H3,(H,14,15);2-4H,1H3,(H,10,11,12);1H2,(H,6,7). The van der Waals surface area contributed by atoms with Crippen molar-refractivity contribution < 1.29 is 48.8 Å². The van der Waals surface area contributed by atoms with E-state index in [1.165, 1.54) is 20.3 Å². The van der Waals surface area contributed by atoms with Crippen LogP contribution in [0.1, 0.15) is 20.7 Å². The second-order valence-corrected chi connectivity index (χ2v) is 7.32. The predicted octanol–water partition coefficient (Wildman–Crippen LogP) is 2.51. The Balaban J connectivity index is 0.000000205. The van der Waals surface area contributed by atoms with Crippen LogP contribution in [0.3, 0.4) is 0 Å². The van der Waals surface area contributed by atoms with Gasteiger partial charge in [-0.25, -0.2) is 9.59 Å². The number of fused-ring (bicyclic) bond motifs is 2. The van der Waals surface area contributed by atoms with Gasteiger partial charge in [-0.2, -0.15) is 0 Å². The van der Waals surface area contributed by atoms with Gasteiger partial charge in [-0.05, 0) is 36.4 Å². The lowest BCUT2D eigenvalue weighted by Crippen LogP contribution is -2.12. The Kier molecular flexibility index (Phi) is 9.44. The van der Waals surface area contributed by atoms with Crippen LogP contribution in [0.2, 0.25) is 0 Å². The van der Waals surface area contributed by atoms with E-state index in [1.807, 2.05) is 0 Å². The fraction of sp³-hybridized carbons (Fsp3) is 0.130. The van der Waals surface area contributed by atoms with Crippen molar-refractivity contribution >= 4 is 61.9 Å². The van der Waals surface area contributed by atoms with Crippen LogP contribution in [-0.4, -0.2) is 69.3 Å². The lowest BCUT2D eigenvalue weighted by atomic mass is 10.1. The lowest BCUT2D eigenvalue weighted by Gasteiger charge is -2.06. The molecule has 0 radical (unpaired) electrons. The second kappa shape index (κ2) is 12.3. The minimum Gasteiger partial charge on any atom is -0.505 e. The van der Waals surface area contributed by atoms with Crippen molar-refractivity contribution in [1.29, 1.82) is 0 Å². The minimum atomic E-state index is -1.39. The smallest absolute Gasteiger partial charge is 0.373 e. The van der Waals surface area contributed by atoms with Gasteiger partial charge >= 0.3 is 11.9 Å². The van der Waals surface area contributed by atoms with Crippen LogP contribution in [0.4, 0.5) is 5.69 Å². The predicted molar refractivity (Wildman–Crippen MR) is 129 cm³/mol. The van der Waals surface area contributed by atoms with E-state index in [2.05, 4.69) is 26.2 Å². The van der Waals surface area contributed by atoms with Gasteiger partial charge in [0.1, 0.15) is 22.8 Å². The summed E-state index contributed by atoms with van der Waals surface area (Å²) in [6, 6.07) is 9.74. The number of amides is 1. The Hall–Kier alpha value is -4.52. The number of carbonyl (C=O) groups is 5. The lowest BCUT2D eigenvalue weighted by molar-refractivity contribution is -0.147. The zero-order chi connectivity index (χ0) is 27.0. The van der Waals surface area contributed by atoms with Crippen molar-refractivity contribution in [2.75, 3.05) is 24.9 Å². The first kappa shape index (κ1) is 27.7. The molecule has 0 bridgehead atoms. The summed E-state index contributed by atoms with van der Waals surface area (Å²) >= 11 is 2.68. The molecule has 0 fully saturated rings. The number of methoxy groups -OCH3 is 2. The van der Waals surface area contributed by atoms with E-state index in [-0.39, 0.29) is 16.6 Å². The molecule has 4 N–H and O–H groups in total. The van der Waals surface area contributed by atoms with Gasteiger partial charge < -0.3 is 30.1 Å². The number of aromatic nitrogens is 1. The fourth-order valence-electron chi connectivity index (χ4n) is 2.82. The number of carbonyl (C=O) groups excluding carboxylic acids is 3. The molecule has 1 aromatic heterocycles. The number of alkyl halides is 1. The quantitative estimate of drug-likeness (QED) is 0.264. The average molecular weight is 563 g/mol. The number of aliphatic carboxylic acids is 1. The van der Waals surface area contributed by atoms with Gasteiger partial charge in [0.25, 0.3) is 11.7 Å². The number of hydrogen-bond donors (Lipinski definition) is 4. The Morgan fingerprint density at radius 2 is 1.61 bits per heavy atom. The first-order valence-corrected chi connectivity index (χ1v) is 10.9. The van der Waals surface area contributed by atoms with Crippen LogP contribution in [0.5, 0.6) is 17.2 Å². The third-order valence-electron chi connectivity index (χ3n) is 4.55. The van der Waals surface area contributed by atoms with E-state index in [0.29, 0.717) is 33.7 Å². The molecule has 0 saturated heterocycles. The second-order valence-electron chi connectivity index (χ2n) is 6.76. The Bertz CT molecular complexity index is 1360. The van der Waals surface area contributed by atoms with Crippen molar-refractivity contribution in [3.63, 3.8) is 0 Å². The summed E-state index contributed by atoms with van der Waals surface area (Å²) in [4.78, 5) is 56.5. The minimum absolute atomic E-state index is 0.109.